The molecule has 1 aromatic carbocycles. The fourth-order valence-corrected chi connectivity index (χ4v) is 2.74. The van der Waals surface area contributed by atoms with E-state index in [-0.39, 0.29) is 12.0 Å². The molecular formula is C15H24N2O. The molecule has 0 spiro atoms. The van der Waals surface area contributed by atoms with Crippen molar-refractivity contribution < 1.29 is 5.11 Å². The van der Waals surface area contributed by atoms with Gasteiger partial charge in [-0.2, -0.15) is 0 Å². The van der Waals surface area contributed by atoms with Gasteiger partial charge in [-0.05, 0) is 37.9 Å². The van der Waals surface area contributed by atoms with Crippen molar-refractivity contribution in [1.82, 2.24) is 4.90 Å². The Morgan fingerprint density at radius 3 is 2.61 bits per heavy atom. The summed E-state index contributed by atoms with van der Waals surface area (Å²) in [5.74, 6) is 0. The molecule has 1 aliphatic rings. The number of rotatable bonds is 4. The minimum atomic E-state index is -0.0363. The SMILES string of the molecule is NCC1(CO)CCCN(Cc2ccccc2)CC1. The summed E-state index contributed by atoms with van der Waals surface area (Å²) >= 11 is 0. The smallest absolute Gasteiger partial charge is 0.0500 e. The first-order chi connectivity index (χ1) is 8.78. The van der Waals surface area contributed by atoms with Gasteiger partial charge in [-0.1, -0.05) is 30.3 Å². The van der Waals surface area contributed by atoms with E-state index in [1.165, 1.54) is 5.56 Å². The minimum absolute atomic E-state index is 0.0363. The molecule has 1 aromatic rings. The van der Waals surface area contributed by atoms with Gasteiger partial charge in [0.25, 0.3) is 0 Å². The average molecular weight is 248 g/mol. The lowest BCUT2D eigenvalue weighted by Gasteiger charge is -2.29. The van der Waals surface area contributed by atoms with Gasteiger partial charge in [0.15, 0.2) is 0 Å². The van der Waals surface area contributed by atoms with E-state index in [0.29, 0.717) is 6.54 Å². The summed E-state index contributed by atoms with van der Waals surface area (Å²) in [4.78, 5) is 2.47. The van der Waals surface area contributed by atoms with Crippen LogP contribution in [0.5, 0.6) is 0 Å². The maximum absolute atomic E-state index is 9.54. The molecule has 1 atom stereocenters. The van der Waals surface area contributed by atoms with E-state index in [4.69, 9.17) is 5.73 Å². The molecular weight excluding hydrogens is 224 g/mol. The van der Waals surface area contributed by atoms with Crippen molar-refractivity contribution in [3.63, 3.8) is 0 Å². The molecule has 1 fully saturated rings. The number of aliphatic hydroxyl groups is 1. The summed E-state index contributed by atoms with van der Waals surface area (Å²) in [5.41, 5.74) is 7.16. The van der Waals surface area contributed by atoms with Crippen molar-refractivity contribution in [3.05, 3.63) is 35.9 Å². The molecule has 0 aromatic heterocycles. The molecule has 1 heterocycles. The Labute approximate surface area is 110 Å². The molecule has 1 aliphatic heterocycles. The van der Waals surface area contributed by atoms with Gasteiger partial charge in [-0.3, -0.25) is 4.90 Å². The Bertz CT molecular complexity index is 349. The van der Waals surface area contributed by atoms with Crippen LogP contribution in [0.1, 0.15) is 24.8 Å². The van der Waals surface area contributed by atoms with E-state index in [0.717, 1.165) is 38.9 Å². The van der Waals surface area contributed by atoms with Gasteiger partial charge in [-0.15, -0.1) is 0 Å². The molecule has 0 saturated carbocycles. The monoisotopic (exact) mass is 248 g/mol. The molecule has 18 heavy (non-hydrogen) atoms. The van der Waals surface area contributed by atoms with Crippen LogP contribution < -0.4 is 5.73 Å². The Morgan fingerprint density at radius 2 is 1.94 bits per heavy atom. The molecule has 1 unspecified atom stereocenters. The number of likely N-dealkylation sites (tertiary alicyclic amines) is 1. The number of nitrogens with two attached hydrogens (primary N) is 1. The topological polar surface area (TPSA) is 49.5 Å². The van der Waals surface area contributed by atoms with Crippen LogP contribution >= 0.6 is 0 Å². The first kappa shape index (κ1) is 13.5. The summed E-state index contributed by atoms with van der Waals surface area (Å²) in [7, 11) is 0. The van der Waals surface area contributed by atoms with Crippen LogP contribution in [0.3, 0.4) is 0 Å². The van der Waals surface area contributed by atoms with Gasteiger partial charge in [-0.25, -0.2) is 0 Å². The Hall–Kier alpha value is -0.900. The van der Waals surface area contributed by atoms with Crippen molar-refractivity contribution in [1.29, 1.82) is 0 Å². The van der Waals surface area contributed by atoms with Crippen molar-refractivity contribution in [2.75, 3.05) is 26.2 Å². The maximum atomic E-state index is 9.54. The molecule has 3 nitrogen and oxygen atoms in total. The fraction of sp³-hybridized carbons (Fsp3) is 0.600. The molecule has 0 aliphatic carbocycles. The van der Waals surface area contributed by atoms with Gasteiger partial charge in [0.1, 0.15) is 0 Å². The van der Waals surface area contributed by atoms with Crippen molar-refractivity contribution in [3.8, 4) is 0 Å². The highest BCUT2D eigenvalue weighted by atomic mass is 16.3. The first-order valence-electron chi connectivity index (χ1n) is 6.85. The lowest BCUT2D eigenvalue weighted by atomic mass is 9.82. The lowest BCUT2D eigenvalue weighted by molar-refractivity contribution is 0.114. The second-order valence-electron chi connectivity index (χ2n) is 5.48. The van der Waals surface area contributed by atoms with Crippen LogP contribution in [0.2, 0.25) is 0 Å². The molecule has 3 N–H and O–H groups in total. The maximum Gasteiger partial charge on any atom is 0.0500 e. The molecule has 0 radical (unpaired) electrons. The van der Waals surface area contributed by atoms with E-state index in [1.807, 2.05) is 0 Å². The van der Waals surface area contributed by atoms with Crippen molar-refractivity contribution >= 4 is 0 Å². The Balaban J connectivity index is 1.93. The Kier molecular flexibility index (Phi) is 4.75. The second kappa shape index (κ2) is 6.32. The quantitative estimate of drug-likeness (QED) is 0.851. The molecule has 0 amide bonds. The zero-order valence-corrected chi connectivity index (χ0v) is 11.0. The highest BCUT2D eigenvalue weighted by molar-refractivity contribution is 5.14. The second-order valence-corrected chi connectivity index (χ2v) is 5.48. The van der Waals surface area contributed by atoms with E-state index >= 15 is 0 Å². The third-order valence-electron chi connectivity index (χ3n) is 4.16. The molecule has 2 rings (SSSR count). The lowest BCUT2D eigenvalue weighted by Crippen LogP contribution is -2.35. The van der Waals surface area contributed by atoms with Crippen LogP contribution in [0.15, 0.2) is 30.3 Å². The number of aliphatic hydroxyl groups excluding tert-OH is 1. The Morgan fingerprint density at radius 1 is 1.17 bits per heavy atom. The van der Waals surface area contributed by atoms with Crippen LogP contribution in [0.25, 0.3) is 0 Å². The molecule has 100 valence electrons. The van der Waals surface area contributed by atoms with Crippen LogP contribution in [-0.2, 0) is 6.54 Å². The number of hydrogen-bond acceptors (Lipinski definition) is 3. The van der Waals surface area contributed by atoms with E-state index < -0.39 is 0 Å². The average Bonchev–Trinajstić information content (AvgIpc) is 2.63. The standard InChI is InChI=1S/C15H24N2O/c16-12-15(13-18)7-4-9-17(10-8-15)11-14-5-2-1-3-6-14/h1-3,5-6,18H,4,7-13,16H2. The van der Waals surface area contributed by atoms with Crippen molar-refractivity contribution in [2.24, 2.45) is 11.1 Å². The normalized spacial score (nSPS) is 25.9. The minimum Gasteiger partial charge on any atom is -0.396 e. The van der Waals surface area contributed by atoms with Gasteiger partial charge >= 0.3 is 0 Å². The van der Waals surface area contributed by atoms with E-state index in [1.54, 1.807) is 0 Å². The zero-order valence-electron chi connectivity index (χ0n) is 11.0. The van der Waals surface area contributed by atoms with E-state index in [9.17, 15) is 5.11 Å². The van der Waals surface area contributed by atoms with Crippen LogP contribution in [-0.4, -0.2) is 36.2 Å². The van der Waals surface area contributed by atoms with Gasteiger partial charge < -0.3 is 10.8 Å². The first-order valence-corrected chi connectivity index (χ1v) is 6.85. The third-order valence-corrected chi connectivity index (χ3v) is 4.16. The predicted molar refractivity (Wildman–Crippen MR) is 74.1 cm³/mol. The highest BCUT2D eigenvalue weighted by Gasteiger charge is 2.30. The number of hydrogen-bond donors (Lipinski definition) is 2. The number of nitrogens with zero attached hydrogens (tertiary/aromatic N) is 1. The summed E-state index contributed by atoms with van der Waals surface area (Å²) in [6.45, 7) is 3.97. The summed E-state index contributed by atoms with van der Waals surface area (Å²) in [6.07, 6.45) is 3.18. The molecule has 0 bridgehead atoms. The summed E-state index contributed by atoms with van der Waals surface area (Å²) < 4.78 is 0. The summed E-state index contributed by atoms with van der Waals surface area (Å²) in [6, 6.07) is 10.6. The van der Waals surface area contributed by atoms with Gasteiger partial charge in [0, 0.05) is 25.1 Å². The predicted octanol–water partition coefficient (Wildman–Crippen LogP) is 1.61. The van der Waals surface area contributed by atoms with Crippen LogP contribution in [0, 0.1) is 5.41 Å². The summed E-state index contributed by atoms with van der Waals surface area (Å²) in [5, 5.41) is 9.54. The van der Waals surface area contributed by atoms with Gasteiger partial charge in [0.2, 0.25) is 0 Å². The fourth-order valence-electron chi connectivity index (χ4n) is 2.74. The van der Waals surface area contributed by atoms with Gasteiger partial charge in [0.05, 0.1) is 0 Å². The van der Waals surface area contributed by atoms with E-state index in [2.05, 4.69) is 35.2 Å². The number of benzene rings is 1. The highest BCUT2D eigenvalue weighted by Crippen LogP contribution is 2.30. The van der Waals surface area contributed by atoms with Crippen molar-refractivity contribution in [2.45, 2.75) is 25.8 Å². The molecule has 3 heteroatoms. The third kappa shape index (κ3) is 3.31. The van der Waals surface area contributed by atoms with Crippen LogP contribution in [0.4, 0.5) is 0 Å². The largest absolute Gasteiger partial charge is 0.396 e. The zero-order chi connectivity index (χ0) is 12.8. The molecule has 1 saturated heterocycles.